The smallest absolute Gasteiger partial charge is 0.189 e. The van der Waals surface area contributed by atoms with Gasteiger partial charge in [-0.2, -0.15) is 0 Å². The minimum Gasteiger partial charge on any atom is -0.372 e. The van der Waals surface area contributed by atoms with Crippen LogP contribution in [0.5, 0.6) is 0 Å². The van der Waals surface area contributed by atoms with Crippen LogP contribution in [0.4, 0.5) is 0 Å². The van der Waals surface area contributed by atoms with Crippen LogP contribution in [0, 0.1) is 0 Å². The van der Waals surface area contributed by atoms with Gasteiger partial charge in [-0.05, 0) is 35.4 Å². The minimum atomic E-state index is 0.0222. The number of ether oxygens (including phenoxy) is 1. The molecule has 0 unspecified atom stereocenters. The van der Waals surface area contributed by atoms with Gasteiger partial charge in [0.1, 0.15) is 0 Å². The van der Waals surface area contributed by atoms with Gasteiger partial charge < -0.3 is 4.74 Å². The van der Waals surface area contributed by atoms with E-state index in [1.54, 1.807) is 24.8 Å². The Bertz CT molecular complexity index is 632. The van der Waals surface area contributed by atoms with E-state index >= 15 is 0 Å². The maximum atomic E-state index is 12.5. The van der Waals surface area contributed by atoms with Gasteiger partial charge in [-0.3, -0.25) is 14.8 Å². The van der Waals surface area contributed by atoms with E-state index in [2.05, 4.69) is 9.97 Å². The lowest BCUT2D eigenvalue weighted by Crippen LogP contribution is -2.21. The van der Waals surface area contributed by atoms with Gasteiger partial charge in [0, 0.05) is 35.9 Å². The zero-order chi connectivity index (χ0) is 14.5. The van der Waals surface area contributed by atoms with E-state index < -0.39 is 0 Å². The van der Waals surface area contributed by atoms with Gasteiger partial charge in [0.2, 0.25) is 0 Å². The molecule has 0 aromatic carbocycles. The van der Waals surface area contributed by atoms with Crippen LogP contribution in [0.15, 0.2) is 60.2 Å². The third kappa shape index (κ3) is 3.30. The molecule has 0 radical (unpaired) electrons. The van der Waals surface area contributed by atoms with E-state index in [0.29, 0.717) is 24.4 Å². The molecule has 1 aliphatic rings. The summed E-state index contributed by atoms with van der Waals surface area (Å²) in [7, 11) is 0. The normalized spacial score (nSPS) is 19.1. The first-order valence-corrected chi connectivity index (χ1v) is 6.66. The average Bonchev–Trinajstić information content (AvgIpc) is 2.53. The molecule has 104 valence electrons. The molecule has 1 saturated heterocycles. The number of ketones is 1. The van der Waals surface area contributed by atoms with Crippen molar-refractivity contribution >= 4 is 17.9 Å². The predicted molar refractivity (Wildman–Crippen MR) is 80.3 cm³/mol. The molecule has 1 fully saturated rings. The van der Waals surface area contributed by atoms with Crippen LogP contribution in [0.25, 0.3) is 12.2 Å². The molecule has 2 aromatic rings. The van der Waals surface area contributed by atoms with Crippen molar-refractivity contribution in [3.8, 4) is 0 Å². The van der Waals surface area contributed by atoms with Crippen LogP contribution < -0.4 is 0 Å². The molecule has 0 atom stereocenters. The van der Waals surface area contributed by atoms with Gasteiger partial charge in [0.05, 0.1) is 13.2 Å². The molecule has 4 heteroatoms. The number of carbonyl (C=O) groups is 1. The third-order valence-corrected chi connectivity index (χ3v) is 3.15. The van der Waals surface area contributed by atoms with E-state index in [0.717, 1.165) is 11.1 Å². The molecule has 1 aliphatic heterocycles. The highest BCUT2D eigenvalue weighted by Crippen LogP contribution is 2.19. The minimum absolute atomic E-state index is 0.0222. The van der Waals surface area contributed by atoms with E-state index in [1.165, 1.54) is 0 Å². The quantitative estimate of drug-likeness (QED) is 0.792. The molecule has 0 aliphatic carbocycles. The Labute approximate surface area is 122 Å². The Balaban J connectivity index is 1.88. The molecule has 0 N–H and O–H groups in total. The van der Waals surface area contributed by atoms with Crippen LogP contribution in [0.3, 0.4) is 0 Å². The van der Waals surface area contributed by atoms with Gasteiger partial charge >= 0.3 is 0 Å². The number of pyridine rings is 2. The fraction of sp³-hybridized carbons (Fsp3) is 0.118. The molecule has 3 rings (SSSR count). The fourth-order valence-corrected chi connectivity index (χ4v) is 2.15. The van der Waals surface area contributed by atoms with Gasteiger partial charge in [0.15, 0.2) is 5.78 Å². The zero-order valence-electron chi connectivity index (χ0n) is 11.4. The second kappa shape index (κ2) is 6.24. The van der Waals surface area contributed by atoms with Crippen LogP contribution in [-0.2, 0) is 9.53 Å². The zero-order valence-corrected chi connectivity index (χ0v) is 11.4. The summed E-state index contributed by atoms with van der Waals surface area (Å²) in [5, 5.41) is 0. The highest BCUT2D eigenvalue weighted by molar-refractivity contribution is 6.14. The molecule has 0 bridgehead atoms. The Kier molecular flexibility index (Phi) is 3.98. The topological polar surface area (TPSA) is 52.1 Å². The van der Waals surface area contributed by atoms with Crippen molar-refractivity contribution in [2.24, 2.45) is 0 Å². The molecule has 21 heavy (non-hydrogen) atoms. The van der Waals surface area contributed by atoms with Gasteiger partial charge in [0.25, 0.3) is 0 Å². The van der Waals surface area contributed by atoms with Crippen LogP contribution >= 0.6 is 0 Å². The van der Waals surface area contributed by atoms with Gasteiger partial charge in [-0.15, -0.1) is 0 Å². The second-order valence-corrected chi connectivity index (χ2v) is 4.73. The maximum Gasteiger partial charge on any atom is 0.189 e. The molecule has 0 saturated carbocycles. The number of aromatic nitrogens is 2. The first kappa shape index (κ1) is 13.4. The molecular weight excluding hydrogens is 264 g/mol. The lowest BCUT2D eigenvalue weighted by atomic mass is 9.98. The van der Waals surface area contributed by atoms with Crippen LogP contribution in [-0.4, -0.2) is 29.0 Å². The van der Waals surface area contributed by atoms with Crippen molar-refractivity contribution in [3.63, 3.8) is 0 Å². The van der Waals surface area contributed by atoms with E-state index in [1.807, 2.05) is 36.4 Å². The molecule has 2 aromatic heterocycles. The van der Waals surface area contributed by atoms with Crippen LogP contribution in [0.2, 0.25) is 0 Å². The second-order valence-electron chi connectivity index (χ2n) is 4.73. The van der Waals surface area contributed by atoms with Crippen molar-refractivity contribution in [1.29, 1.82) is 0 Å². The Morgan fingerprint density at radius 3 is 1.86 bits per heavy atom. The first-order valence-electron chi connectivity index (χ1n) is 6.66. The molecule has 4 nitrogen and oxygen atoms in total. The van der Waals surface area contributed by atoms with Crippen molar-refractivity contribution in [2.45, 2.75) is 0 Å². The van der Waals surface area contributed by atoms with Crippen molar-refractivity contribution in [2.75, 3.05) is 13.2 Å². The third-order valence-electron chi connectivity index (χ3n) is 3.15. The molecule has 3 heterocycles. The SMILES string of the molecule is O=C1/C(=C/c2cccnc2)COC/C1=C\c1cccnc1. The number of hydrogen-bond acceptors (Lipinski definition) is 4. The standard InChI is InChI=1S/C17H14N2O2/c20-17-15(7-13-3-1-5-18-9-13)11-21-12-16(17)8-14-4-2-6-19-10-14/h1-10H,11-12H2/b15-7+,16-8+. The monoisotopic (exact) mass is 278 g/mol. The van der Waals surface area contributed by atoms with E-state index in [4.69, 9.17) is 4.74 Å². The number of Topliss-reactive ketones (excluding diaryl/α,β-unsaturated/α-hetero) is 1. The highest BCUT2D eigenvalue weighted by Gasteiger charge is 2.21. The highest BCUT2D eigenvalue weighted by atomic mass is 16.5. The summed E-state index contributed by atoms with van der Waals surface area (Å²) in [5.41, 5.74) is 3.08. The molecule has 0 spiro atoms. The van der Waals surface area contributed by atoms with E-state index in [9.17, 15) is 4.79 Å². The number of rotatable bonds is 2. The number of nitrogens with zero attached hydrogens (tertiary/aromatic N) is 2. The molecular formula is C17H14N2O2. The Hall–Kier alpha value is -2.59. The summed E-state index contributed by atoms with van der Waals surface area (Å²) in [6.45, 7) is 0.663. The Morgan fingerprint density at radius 2 is 1.43 bits per heavy atom. The number of hydrogen-bond donors (Lipinski definition) is 0. The first-order chi connectivity index (χ1) is 10.3. The summed E-state index contributed by atoms with van der Waals surface area (Å²) in [6.07, 6.45) is 10.5. The van der Waals surface area contributed by atoms with Gasteiger partial charge in [-0.1, -0.05) is 12.1 Å². The lowest BCUT2D eigenvalue weighted by molar-refractivity contribution is -0.114. The lowest BCUT2D eigenvalue weighted by Gasteiger charge is -2.17. The van der Waals surface area contributed by atoms with Crippen LogP contribution in [0.1, 0.15) is 11.1 Å². The van der Waals surface area contributed by atoms with Crippen molar-refractivity contribution in [3.05, 3.63) is 71.3 Å². The Morgan fingerprint density at radius 1 is 0.905 bits per heavy atom. The summed E-state index contributed by atoms with van der Waals surface area (Å²) in [5.74, 6) is 0.0222. The summed E-state index contributed by atoms with van der Waals surface area (Å²) >= 11 is 0. The maximum absolute atomic E-state index is 12.5. The van der Waals surface area contributed by atoms with Crippen molar-refractivity contribution in [1.82, 2.24) is 9.97 Å². The summed E-state index contributed by atoms with van der Waals surface area (Å²) in [6, 6.07) is 7.50. The van der Waals surface area contributed by atoms with E-state index in [-0.39, 0.29) is 5.78 Å². The predicted octanol–water partition coefficient (Wildman–Crippen LogP) is 2.54. The summed E-state index contributed by atoms with van der Waals surface area (Å²) < 4.78 is 5.51. The number of carbonyl (C=O) groups excluding carboxylic acids is 1. The summed E-state index contributed by atoms with van der Waals surface area (Å²) in [4.78, 5) is 20.6. The fourth-order valence-electron chi connectivity index (χ4n) is 2.15. The van der Waals surface area contributed by atoms with Crippen molar-refractivity contribution < 1.29 is 9.53 Å². The largest absolute Gasteiger partial charge is 0.372 e. The average molecular weight is 278 g/mol. The van der Waals surface area contributed by atoms with Gasteiger partial charge in [-0.25, -0.2) is 0 Å². The molecule has 0 amide bonds.